The zero-order valence-corrected chi connectivity index (χ0v) is 13.6. The summed E-state index contributed by atoms with van der Waals surface area (Å²) in [7, 11) is 0. The van der Waals surface area contributed by atoms with Gasteiger partial charge in [0, 0.05) is 12.2 Å². The molecule has 1 amide bonds. The Bertz CT molecular complexity index is 903. The summed E-state index contributed by atoms with van der Waals surface area (Å²) < 4.78 is 5.92. The molecule has 0 N–H and O–H groups in total. The number of fused-ring (bicyclic) bond motifs is 2. The molecule has 0 aromatic heterocycles. The number of carbonyl (C=O) groups excluding carboxylic acids is 1. The van der Waals surface area contributed by atoms with Gasteiger partial charge in [-0.2, -0.15) is 0 Å². The van der Waals surface area contributed by atoms with Crippen LogP contribution in [0.25, 0.3) is 10.8 Å². The molecule has 0 fully saturated rings. The van der Waals surface area contributed by atoms with E-state index in [0.717, 1.165) is 35.2 Å². The van der Waals surface area contributed by atoms with Crippen molar-refractivity contribution in [3.63, 3.8) is 0 Å². The third-order valence-corrected chi connectivity index (χ3v) is 4.53. The predicted octanol–water partition coefficient (Wildman–Crippen LogP) is 4.20. The molecule has 0 aliphatic carbocycles. The van der Waals surface area contributed by atoms with Gasteiger partial charge in [-0.25, -0.2) is 0 Å². The van der Waals surface area contributed by atoms with Crippen LogP contribution in [-0.2, 0) is 11.2 Å². The molecule has 3 nitrogen and oxygen atoms in total. The number of nitrogens with zero attached hydrogens (tertiary/aromatic N) is 1. The molecule has 1 aliphatic heterocycles. The molecule has 0 radical (unpaired) electrons. The topological polar surface area (TPSA) is 29.5 Å². The largest absolute Gasteiger partial charge is 0.481 e. The lowest BCUT2D eigenvalue weighted by atomic mass is 10.1. The monoisotopic (exact) mass is 317 g/mol. The van der Waals surface area contributed by atoms with Crippen molar-refractivity contribution in [2.45, 2.75) is 19.4 Å². The average Bonchev–Trinajstić information content (AvgIpc) is 3.05. The Balaban J connectivity index is 1.53. The summed E-state index contributed by atoms with van der Waals surface area (Å²) in [6, 6.07) is 22.1. The van der Waals surface area contributed by atoms with E-state index in [1.54, 1.807) is 0 Å². The van der Waals surface area contributed by atoms with Crippen LogP contribution >= 0.6 is 0 Å². The summed E-state index contributed by atoms with van der Waals surface area (Å²) >= 11 is 0. The first-order chi connectivity index (χ1) is 11.7. The highest BCUT2D eigenvalue weighted by molar-refractivity contribution is 5.98. The van der Waals surface area contributed by atoms with Gasteiger partial charge in [0.25, 0.3) is 5.91 Å². The van der Waals surface area contributed by atoms with Crippen molar-refractivity contribution in [1.82, 2.24) is 0 Å². The minimum Gasteiger partial charge on any atom is -0.481 e. The van der Waals surface area contributed by atoms with E-state index in [9.17, 15) is 4.79 Å². The Morgan fingerprint density at radius 3 is 2.62 bits per heavy atom. The van der Waals surface area contributed by atoms with E-state index in [-0.39, 0.29) is 5.91 Å². The number of hydrogen-bond donors (Lipinski definition) is 0. The number of anilines is 1. The number of hydrogen-bond acceptors (Lipinski definition) is 2. The van der Waals surface area contributed by atoms with Crippen molar-refractivity contribution in [1.29, 1.82) is 0 Å². The fraction of sp³-hybridized carbons (Fsp3) is 0.190. The van der Waals surface area contributed by atoms with Crippen LogP contribution in [0, 0.1) is 0 Å². The second-order valence-corrected chi connectivity index (χ2v) is 6.14. The number of rotatable bonds is 3. The van der Waals surface area contributed by atoms with Gasteiger partial charge in [-0.05, 0) is 47.9 Å². The Labute approximate surface area is 141 Å². The lowest BCUT2D eigenvalue weighted by Gasteiger charge is -2.22. The van der Waals surface area contributed by atoms with E-state index < -0.39 is 6.10 Å². The van der Waals surface area contributed by atoms with Crippen LogP contribution in [0.5, 0.6) is 5.75 Å². The van der Waals surface area contributed by atoms with Crippen LogP contribution in [0.1, 0.15) is 12.5 Å². The van der Waals surface area contributed by atoms with Crippen molar-refractivity contribution in [3.05, 3.63) is 72.3 Å². The number of amides is 1. The number of para-hydroxylation sites is 1. The van der Waals surface area contributed by atoms with Crippen LogP contribution in [-0.4, -0.2) is 18.6 Å². The lowest BCUT2D eigenvalue weighted by molar-refractivity contribution is -0.124. The van der Waals surface area contributed by atoms with Gasteiger partial charge in [0.2, 0.25) is 0 Å². The first-order valence-electron chi connectivity index (χ1n) is 8.27. The third kappa shape index (κ3) is 2.62. The second-order valence-electron chi connectivity index (χ2n) is 6.14. The van der Waals surface area contributed by atoms with E-state index in [0.29, 0.717) is 0 Å². The minimum absolute atomic E-state index is 0.00751. The van der Waals surface area contributed by atoms with E-state index in [4.69, 9.17) is 4.74 Å². The molecular weight excluding hydrogens is 298 g/mol. The Morgan fingerprint density at radius 1 is 1.00 bits per heavy atom. The summed E-state index contributed by atoms with van der Waals surface area (Å²) in [4.78, 5) is 14.6. The van der Waals surface area contributed by atoms with Crippen molar-refractivity contribution in [2.75, 3.05) is 11.4 Å². The summed E-state index contributed by atoms with van der Waals surface area (Å²) in [6.07, 6.45) is 0.391. The normalized spacial score (nSPS) is 14.5. The molecule has 4 rings (SSSR count). The smallest absolute Gasteiger partial charge is 0.267 e. The first-order valence-corrected chi connectivity index (χ1v) is 8.27. The summed E-state index contributed by atoms with van der Waals surface area (Å²) in [6.45, 7) is 2.54. The highest BCUT2D eigenvalue weighted by Crippen LogP contribution is 2.29. The fourth-order valence-corrected chi connectivity index (χ4v) is 3.28. The molecule has 3 aromatic rings. The second kappa shape index (κ2) is 6.00. The SMILES string of the molecule is C[C@@H](Oc1ccc2ccccc2c1)C(=O)N1CCc2ccccc21. The molecule has 1 aliphatic rings. The van der Waals surface area contributed by atoms with Gasteiger partial charge in [-0.15, -0.1) is 0 Å². The minimum atomic E-state index is -0.516. The molecule has 0 spiro atoms. The van der Waals surface area contributed by atoms with Gasteiger partial charge >= 0.3 is 0 Å². The van der Waals surface area contributed by atoms with Gasteiger partial charge in [0.05, 0.1) is 0 Å². The molecule has 0 saturated heterocycles. The molecule has 0 bridgehead atoms. The molecular formula is C21H19NO2. The van der Waals surface area contributed by atoms with E-state index in [2.05, 4.69) is 12.1 Å². The maximum atomic E-state index is 12.8. The average molecular weight is 317 g/mol. The summed E-state index contributed by atoms with van der Waals surface area (Å²) in [5.74, 6) is 0.732. The zero-order chi connectivity index (χ0) is 16.5. The molecule has 3 aromatic carbocycles. The van der Waals surface area contributed by atoms with Crippen LogP contribution in [0.3, 0.4) is 0 Å². The molecule has 24 heavy (non-hydrogen) atoms. The van der Waals surface area contributed by atoms with Gasteiger partial charge in [-0.3, -0.25) is 4.79 Å². The number of benzene rings is 3. The highest BCUT2D eigenvalue weighted by Gasteiger charge is 2.28. The Hall–Kier alpha value is -2.81. The molecule has 0 saturated carbocycles. The molecule has 3 heteroatoms. The van der Waals surface area contributed by atoms with Crippen molar-refractivity contribution in [2.24, 2.45) is 0 Å². The summed E-state index contributed by atoms with van der Waals surface area (Å²) in [5.41, 5.74) is 2.24. The van der Waals surface area contributed by atoms with Crippen molar-refractivity contribution < 1.29 is 9.53 Å². The van der Waals surface area contributed by atoms with Crippen LogP contribution in [0.2, 0.25) is 0 Å². The van der Waals surface area contributed by atoms with E-state index in [1.807, 2.05) is 66.4 Å². The summed E-state index contributed by atoms with van der Waals surface area (Å²) in [5, 5.41) is 2.28. The molecule has 1 atom stereocenters. The van der Waals surface area contributed by atoms with Gasteiger partial charge in [0.15, 0.2) is 6.10 Å². The van der Waals surface area contributed by atoms with Gasteiger partial charge in [0.1, 0.15) is 5.75 Å². The van der Waals surface area contributed by atoms with Crippen molar-refractivity contribution >= 4 is 22.4 Å². The van der Waals surface area contributed by atoms with Gasteiger partial charge < -0.3 is 9.64 Å². The van der Waals surface area contributed by atoms with Gasteiger partial charge in [-0.1, -0.05) is 48.5 Å². The Morgan fingerprint density at radius 2 is 1.75 bits per heavy atom. The molecule has 1 heterocycles. The Kier molecular flexibility index (Phi) is 3.69. The number of ether oxygens (including phenoxy) is 1. The molecule has 0 unspecified atom stereocenters. The number of carbonyl (C=O) groups is 1. The van der Waals surface area contributed by atoms with E-state index in [1.165, 1.54) is 5.56 Å². The third-order valence-electron chi connectivity index (χ3n) is 4.53. The van der Waals surface area contributed by atoms with Crippen LogP contribution < -0.4 is 9.64 Å². The first kappa shape index (κ1) is 14.8. The van der Waals surface area contributed by atoms with E-state index >= 15 is 0 Å². The van der Waals surface area contributed by atoms with Crippen molar-refractivity contribution in [3.8, 4) is 5.75 Å². The fourth-order valence-electron chi connectivity index (χ4n) is 3.28. The van der Waals surface area contributed by atoms with Crippen LogP contribution in [0.4, 0.5) is 5.69 Å². The highest BCUT2D eigenvalue weighted by atomic mass is 16.5. The predicted molar refractivity (Wildman–Crippen MR) is 96.5 cm³/mol. The standard InChI is InChI=1S/C21H19NO2/c1-15(21(23)22-13-12-17-7-4-5-9-20(17)22)24-19-11-10-16-6-2-3-8-18(16)14-19/h2-11,14-15H,12-13H2,1H3/t15-/m1/s1. The maximum absolute atomic E-state index is 12.8. The zero-order valence-electron chi connectivity index (χ0n) is 13.6. The lowest BCUT2D eigenvalue weighted by Crippen LogP contribution is -2.39. The van der Waals surface area contributed by atoms with Crippen LogP contribution in [0.15, 0.2) is 66.7 Å². The quantitative estimate of drug-likeness (QED) is 0.724. The molecule has 120 valence electrons. The maximum Gasteiger partial charge on any atom is 0.267 e.